The Hall–Kier alpha value is 0. The van der Waals surface area contributed by atoms with Crippen LogP contribution in [0.25, 0.3) is 0 Å². The van der Waals surface area contributed by atoms with Crippen molar-refractivity contribution in [2.45, 2.75) is 110 Å². The first-order valence-electron chi connectivity index (χ1n) is 8.56. The van der Waals surface area contributed by atoms with Gasteiger partial charge >= 0.3 is 0 Å². The molecule has 0 aromatic carbocycles. The Kier molecular flexibility index (Phi) is 17.0. The molecule has 0 nitrogen and oxygen atoms in total. The molecule has 0 atom stereocenters. The third-order valence-electron chi connectivity index (χ3n) is 3.78. The predicted molar refractivity (Wildman–Crippen MR) is 82.8 cm³/mol. The van der Waals surface area contributed by atoms with E-state index in [1.54, 1.807) is 0 Å². The standard InChI is InChI=1S/C18H35/c1-3-5-7-9-11-13-15-17-18-16-14-12-10-8-6-4-2/h3-18H2,1H3. The lowest BCUT2D eigenvalue weighted by Gasteiger charge is -2.02. The van der Waals surface area contributed by atoms with Crippen LogP contribution in [-0.4, -0.2) is 0 Å². The minimum Gasteiger partial charge on any atom is -0.0654 e. The van der Waals surface area contributed by atoms with E-state index in [4.69, 9.17) is 6.92 Å². The first-order valence-corrected chi connectivity index (χ1v) is 8.56. The maximum atomic E-state index is 7.07. The molecule has 0 aromatic heterocycles. The zero-order valence-electron chi connectivity index (χ0n) is 12.8. The molecule has 18 heavy (non-hydrogen) atoms. The van der Waals surface area contributed by atoms with E-state index in [0.717, 1.165) is 6.42 Å². The first kappa shape index (κ1) is 18.0. The van der Waals surface area contributed by atoms with E-state index in [9.17, 15) is 0 Å². The van der Waals surface area contributed by atoms with Crippen molar-refractivity contribution in [3.05, 3.63) is 6.92 Å². The molecule has 0 aromatic rings. The Morgan fingerprint density at radius 3 is 1.00 bits per heavy atom. The molecule has 0 amide bonds. The largest absolute Gasteiger partial charge is 0.0654 e. The third kappa shape index (κ3) is 16.0. The molecule has 0 saturated carbocycles. The van der Waals surface area contributed by atoms with Crippen molar-refractivity contribution < 1.29 is 0 Å². The van der Waals surface area contributed by atoms with Crippen molar-refractivity contribution >= 4 is 0 Å². The molecule has 3 radical (unpaired) electrons. The minimum atomic E-state index is 0.623. The van der Waals surface area contributed by atoms with Crippen molar-refractivity contribution in [1.29, 1.82) is 0 Å². The number of rotatable bonds is 15. The highest BCUT2D eigenvalue weighted by Gasteiger charge is 1.93. The molecule has 0 heterocycles. The van der Waals surface area contributed by atoms with Gasteiger partial charge in [-0.05, 0) is 13.3 Å². The maximum Gasteiger partial charge on any atom is -0.00936 e. The number of hydrogen-bond acceptors (Lipinski definition) is 0. The van der Waals surface area contributed by atoms with Crippen LogP contribution < -0.4 is 0 Å². The summed E-state index contributed by atoms with van der Waals surface area (Å²) in [5.74, 6) is 0. The summed E-state index contributed by atoms with van der Waals surface area (Å²) in [6, 6.07) is 0. The smallest absolute Gasteiger partial charge is 0.00936 e. The van der Waals surface area contributed by atoms with Crippen molar-refractivity contribution in [2.24, 2.45) is 0 Å². The van der Waals surface area contributed by atoms with Crippen molar-refractivity contribution in [3.8, 4) is 0 Å². The summed E-state index contributed by atoms with van der Waals surface area (Å²) >= 11 is 0. The molecular weight excluding hydrogens is 216 g/mol. The summed E-state index contributed by atoms with van der Waals surface area (Å²) < 4.78 is 0. The molecule has 0 aliphatic heterocycles. The zero-order chi connectivity index (χ0) is 13.3. The third-order valence-corrected chi connectivity index (χ3v) is 3.78. The molecule has 0 spiro atoms. The molecule has 0 aliphatic carbocycles. The average Bonchev–Trinajstić information content (AvgIpc) is 2.39. The van der Waals surface area contributed by atoms with Crippen molar-refractivity contribution in [2.75, 3.05) is 0 Å². The van der Waals surface area contributed by atoms with Crippen LogP contribution in [0, 0.1) is 6.92 Å². The summed E-state index contributed by atoms with van der Waals surface area (Å²) in [4.78, 5) is 0. The summed E-state index contributed by atoms with van der Waals surface area (Å²) in [5.41, 5.74) is 0. The van der Waals surface area contributed by atoms with E-state index in [2.05, 4.69) is 6.92 Å². The van der Waals surface area contributed by atoms with Gasteiger partial charge in [-0.25, -0.2) is 0 Å². The van der Waals surface area contributed by atoms with Gasteiger partial charge in [0.1, 0.15) is 0 Å². The summed E-state index contributed by atoms with van der Waals surface area (Å²) in [6.07, 6.45) is 21.6. The van der Waals surface area contributed by atoms with Crippen LogP contribution in [0.15, 0.2) is 0 Å². The molecule has 0 aliphatic rings. The van der Waals surface area contributed by atoms with Gasteiger partial charge in [-0.1, -0.05) is 103 Å². The Morgan fingerprint density at radius 2 is 0.722 bits per heavy atom. The normalized spacial score (nSPS) is 11.0. The molecule has 0 unspecified atom stereocenters. The van der Waals surface area contributed by atoms with Gasteiger partial charge in [-0.2, -0.15) is 0 Å². The Balaban J connectivity index is 2.86. The molecule has 0 bridgehead atoms. The van der Waals surface area contributed by atoms with Crippen LogP contribution in [0.1, 0.15) is 110 Å². The highest BCUT2D eigenvalue weighted by Crippen LogP contribution is 2.13. The van der Waals surface area contributed by atoms with Crippen LogP contribution in [0.5, 0.6) is 0 Å². The Bertz CT molecular complexity index is 112. The lowest BCUT2D eigenvalue weighted by atomic mass is 10.0. The molecule has 107 valence electrons. The molecule has 0 saturated heterocycles. The van der Waals surface area contributed by atoms with E-state index in [1.165, 1.54) is 89.9 Å². The van der Waals surface area contributed by atoms with E-state index < -0.39 is 0 Å². The summed E-state index contributed by atoms with van der Waals surface area (Å²) in [6.45, 7) is 9.35. The second-order valence-electron chi connectivity index (χ2n) is 5.70. The van der Waals surface area contributed by atoms with Gasteiger partial charge in [0, 0.05) is 0 Å². The highest BCUT2D eigenvalue weighted by atomic mass is 14.0. The lowest BCUT2D eigenvalue weighted by Crippen LogP contribution is -1.83. The Morgan fingerprint density at radius 1 is 0.444 bits per heavy atom. The van der Waals surface area contributed by atoms with Crippen LogP contribution >= 0.6 is 0 Å². The van der Waals surface area contributed by atoms with Gasteiger partial charge in [0.25, 0.3) is 0 Å². The maximum absolute atomic E-state index is 7.07. The molecule has 0 heteroatoms. The molecule has 0 rings (SSSR count). The van der Waals surface area contributed by atoms with Gasteiger partial charge < -0.3 is 0 Å². The summed E-state index contributed by atoms with van der Waals surface area (Å²) in [5, 5.41) is 0. The van der Waals surface area contributed by atoms with Crippen molar-refractivity contribution in [3.63, 3.8) is 0 Å². The van der Waals surface area contributed by atoms with E-state index in [0.29, 0.717) is 6.42 Å². The fourth-order valence-corrected chi connectivity index (χ4v) is 2.50. The van der Waals surface area contributed by atoms with Crippen LogP contribution in [0.2, 0.25) is 0 Å². The van der Waals surface area contributed by atoms with E-state index in [1.807, 2.05) is 0 Å². The second kappa shape index (κ2) is 17.0. The minimum absolute atomic E-state index is 0.623. The number of hydrogen-bond donors (Lipinski definition) is 0. The molecule has 0 N–H and O–H groups in total. The lowest BCUT2D eigenvalue weighted by molar-refractivity contribution is 0.533. The molecule has 0 fully saturated rings. The monoisotopic (exact) mass is 251 g/mol. The quantitative estimate of drug-likeness (QED) is 0.280. The molecular formula is C18H35. The van der Waals surface area contributed by atoms with Gasteiger partial charge in [0.15, 0.2) is 0 Å². The van der Waals surface area contributed by atoms with Gasteiger partial charge in [0.05, 0.1) is 0 Å². The van der Waals surface area contributed by atoms with Crippen molar-refractivity contribution in [1.82, 2.24) is 0 Å². The predicted octanol–water partition coefficient (Wildman–Crippen LogP) is 6.84. The van der Waals surface area contributed by atoms with Gasteiger partial charge in [-0.15, -0.1) is 0 Å². The van der Waals surface area contributed by atoms with Gasteiger partial charge in [0.2, 0.25) is 0 Å². The van der Waals surface area contributed by atoms with Crippen LogP contribution in [0.3, 0.4) is 0 Å². The summed E-state index contributed by atoms with van der Waals surface area (Å²) in [7, 11) is 0. The van der Waals surface area contributed by atoms with Crippen LogP contribution in [0.4, 0.5) is 0 Å². The average molecular weight is 251 g/mol. The van der Waals surface area contributed by atoms with Crippen LogP contribution in [-0.2, 0) is 0 Å². The number of unbranched alkanes of at least 4 members (excludes halogenated alkanes) is 15. The van der Waals surface area contributed by atoms with E-state index in [-0.39, 0.29) is 0 Å². The SMILES string of the molecule is [C]CCCCCCCCCCCCCCCCC. The van der Waals surface area contributed by atoms with Gasteiger partial charge in [-0.3, -0.25) is 0 Å². The fourth-order valence-electron chi connectivity index (χ4n) is 2.50. The highest BCUT2D eigenvalue weighted by molar-refractivity contribution is 4.50. The fraction of sp³-hybridized carbons (Fsp3) is 0.944. The topological polar surface area (TPSA) is 0 Å². The zero-order valence-corrected chi connectivity index (χ0v) is 12.8. The first-order chi connectivity index (χ1) is 8.91. The van der Waals surface area contributed by atoms with E-state index >= 15 is 0 Å². The second-order valence-corrected chi connectivity index (χ2v) is 5.70. The Labute approximate surface area is 117 Å².